The van der Waals surface area contributed by atoms with Gasteiger partial charge in [-0.25, -0.2) is 0 Å². The zero-order valence-corrected chi connectivity index (χ0v) is 12.3. The van der Waals surface area contributed by atoms with Crippen LogP contribution in [0.15, 0.2) is 24.3 Å². The van der Waals surface area contributed by atoms with Crippen LogP contribution in [0.5, 0.6) is 5.75 Å². The average Bonchev–Trinajstić information content (AvgIpc) is 2.45. The fraction of sp³-hybridized carbons (Fsp3) is 0.429. The molecule has 0 unspecified atom stereocenters. The van der Waals surface area contributed by atoms with Crippen molar-refractivity contribution in [3.05, 3.63) is 24.3 Å². The van der Waals surface area contributed by atoms with E-state index >= 15 is 0 Å². The van der Waals surface area contributed by atoms with Crippen molar-refractivity contribution in [2.45, 2.75) is 12.5 Å². The van der Waals surface area contributed by atoms with E-state index in [0.29, 0.717) is 11.4 Å². The Morgan fingerprint density at radius 3 is 2.33 bits per heavy atom. The third-order valence-corrected chi connectivity index (χ3v) is 2.64. The Hall–Kier alpha value is -2.12. The maximum atomic E-state index is 11.7. The van der Waals surface area contributed by atoms with E-state index in [0.717, 1.165) is 0 Å². The van der Waals surface area contributed by atoms with Crippen molar-refractivity contribution in [2.75, 3.05) is 32.7 Å². The molecule has 0 aliphatic carbocycles. The van der Waals surface area contributed by atoms with Gasteiger partial charge in [-0.2, -0.15) is 0 Å². The number of anilines is 1. The van der Waals surface area contributed by atoms with Crippen molar-refractivity contribution < 1.29 is 24.2 Å². The van der Waals surface area contributed by atoms with Gasteiger partial charge in [-0.15, -0.1) is 0 Å². The highest BCUT2D eigenvalue weighted by atomic mass is 16.5. The summed E-state index contributed by atoms with van der Waals surface area (Å²) in [4.78, 5) is 23.3. The molecular weight excluding hydrogens is 276 g/mol. The first-order valence-electron chi connectivity index (χ1n) is 6.32. The molecule has 1 rings (SSSR count). The van der Waals surface area contributed by atoms with Gasteiger partial charge in [0.25, 0.3) is 0 Å². The molecule has 0 heterocycles. The number of aliphatic hydroxyl groups is 1. The summed E-state index contributed by atoms with van der Waals surface area (Å²) in [7, 11) is 2.97. The molecule has 7 heteroatoms. The molecule has 1 aromatic carbocycles. The Bertz CT molecular complexity index is 485. The number of methoxy groups -OCH3 is 2. The van der Waals surface area contributed by atoms with Crippen LogP contribution in [0.1, 0.15) is 6.92 Å². The highest BCUT2D eigenvalue weighted by molar-refractivity contribution is 6.39. The molecule has 1 aromatic rings. The average molecular weight is 296 g/mol. The van der Waals surface area contributed by atoms with E-state index in [1.165, 1.54) is 21.1 Å². The SMILES string of the molecule is COC[C@](C)(O)CNC(=O)C(=O)Nc1ccc(OC)cc1. The second-order valence-corrected chi connectivity index (χ2v) is 4.80. The molecule has 0 aliphatic heterocycles. The smallest absolute Gasteiger partial charge is 0.313 e. The van der Waals surface area contributed by atoms with Crippen molar-refractivity contribution in [3.63, 3.8) is 0 Å². The van der Waals surface area contributed by atoms with Crippen LogP contribution in [-0.4, -0.2) is 49.9 Å². The fourth-order valence-corrected chi connectivity index (χ4v) is 1.58. The van der Waals surface area contributed by atoms with Crippen molar-refractivity contribution in [1.29, 1.82) is 0 Å². The van der Waals surface area contributed by atoms with Crippen LogP contribution in [0, 0.1) is 0 Å². The molecule has 0 radical (unpaired) electrons. The number of rotatable bonds is 6. The molecule has 0 saturated heterocycles. The molecule has 0 fully saturated rings. The Morgan fingerprint density at radius 2 is 1.81 bits per heavy atom. The van der Waals surface area contributed by atoms with Crippen molar-refractivity contribution >= 4 is 17.5 Å². The molecule has 116 valence electrons. The number of amides is 2. The number of hydrogen-bond acceptors (Lipinski definition) is 5. The van der Waals surface area contributed by atoms with Gasteiger partial charge in [0, 0.05) is 19.3 Å². The largest absolute Gasteiger partial charge is 0.497 e. The lowest BCUT2D eigenvalue weighted by Gasteiger charge is -2.22. The van der Waals surface area contributed by atoms with E-state index in [-0.39, 0.29) is 13.2 Å². The number of hydrogen-bond donors (Lipinski definition) is 3. The van der Waals surface area contributed by atoms with E-state index in [9.17, 15) is 14.7 Å². The van der Waals surface area contributed by atoms with Crippen LogP contribution in [0.2, 0.25) is 0 Å². The summed E-state index contributed by atoms with van der Waals surface area (Å²) in [5, 5.41) is 14.6. The minimum atomic E-state index is -1.23. The molecule has 0 aliphatic rings. The Balaban J connectivity index is 2.49. The minimum absolute atomic E-state index is 0.0490. The number of nitrogens with one attached hydrogen (secondary N) is 2. The van der Waals surface area contributed by atoms with Crippen LogP contribution in [0.4, 0.5) is 5.69 Å². The maximum Gasteiger partial charge on any atom is 0.313 e. The molecule has 0 saturated carbocycles. The van der Waals surface area contributed by atoms with Gasteiger partial charge in [-0.3, -0.25) is 9.59 Å². The van der Waals surface area contributed by atoms with Crippen LogP contribution in [-0.2, 0) is 14.3 Å². The zero-order chi connectivity index (χ0) is 15.9. The number of ether oxygens (including phenoxy) is 2. The lowest BCUT2D eigenvalue weighted by molar-refractivity contribution is -0.137. The van der Waals surface area contributed by atoms with Crippen molar-refractivity contribution in [3.8, 4) is 5.75 Å². The normalized spacial score (nSPS) is 13.1. The summed E-state index contributed by atoms with van der Waals surface area (Å²) in [6, 6.07) is 6.56. The third kappa shape index (κ3) is 5.80. The summed E-state index contributed by atoms with van der Waals surface area (Å²) < 4.78 is 9.79. The van der Waals surface area contributed by atoms with E-state index in [4.69, 9.17) is 9.47 Å². The first-order valence-corrected chi connectivity index (χ1v) is 6.32. The number of benzene rings is 1. The summed E-state index contributed by atoms with van der Waals surface area (Å²) in [6.07, 6.45) is 0. The van der Waals surface area contributed by atoms with Gasteiger partial charge in [-0.1, -0.05) is 0 Å². The summed E-state index contributed by atoms with van der Waals surface area (Å²) in [5.74, 6) is -0.997. The van der Waals surface area contributed by atoms with Gasteiger partial charge < -0.3 is 25.2 Å². The Morgan fingerprint density at radius 1 is 1.19 bits per heavy atom. The summed E-state index contributed by atoms with van der Waals surface area (Å²) >= 11 is 0. The van der Waals surface area contributed by atoms with Crippen LogP contribution < -0.4 is 15.4 Å². The lowest BCUT2D eigenvalue weighted by Crippen LogP contribution is -2.46. The monoisotopic (exact) mass is 296 g/mol. The quantitative estimate of drug-likeness (QED) is 0.649. The van der Waals surface area contributed by atoms with Gasteiger partial charge >= 0.3 is 11.8 Å². The van der Waals surface area contributed by atoms with Gasteiger partial charge in [-0.05, 0) is 31.2 Å². The number of carbonyl (C=O) groups excluding carboxylic acids is 2. The summed E-state index contributed by atoms with van der Waals surface area (Å²) in [5.41, 5.74) is -0.759. The minimum Gasteiger partial charge on any atom is -0.497 e. The van der Waals surface area contributed by atoms with Gasteiger partial charge in [0.05, 0.1) is 13.7 Å². The van der Waals surface area contributed by atoms with E-state index in [1.807, 2.05) is 0 Å². The molecule has 0 aromatic heterocycles. The van der Waals surface area contributed by atoms with E-state index < -0.39 is 17.4 Å². The molecule has 7 nitrogen and oxygen atoms in total. The first kappa shape index (κ1) is 16.9. The summed E-state index contributed by atoms with van der Waals surface area (Å²) in [6.45, 7) is 1.46. The van der Waals surface area contributed by atoms with Gasteiger partial charge in [0.15, 0.2) is 0 Å². The van der Waals surface area contributed by atoms with Crippen LogP contribution in [0.3, 0.4) is 0 Å². The molecule has 21 heavy (non-hydrogen) atoms. The second-order valence-electron chi connectivity index (χ2n) is 4.80. The highest BCUT2D eigenvalue weighted by Gasteiger charge is 2.23. The van der Waals surface area contributed by atoms with Crippen molar-refractivity contribution in [1.82, 2.24) is 5.32 Å². The molecule has 3 N–H and O–H groups in total. The Labute approximate surface area is 123 Å². The Kier molecular flexibility index (Phi) is 6.13. The highest BCUT2D eigenvalue weighted by Crippen LogP contribution is 2.14. The predicted molar refractivity (Wildman–Crippen MR) is 77.1 cm³/mol. The molecular formula is C14H20N2O5. The maximum absolute atomic E-state index is 11.7. The van der Waals surface area contributed by atoms with Crippen LogP contribution >= 0.6 is 0 Å². The fourth-order valence-electron chi connectivity index (χ4n) is 1.58. The topological polar surface area (TPSA) is 96.9 Å². The number of carbonyl (C=O) groups is 2. The molecule has 2 amide bonds. The molecule has 0 spiro atoms. The van der Waals surface area contributed by atoms with Gasteiger partial charge in [0.2, 0.25) is 0 Å². The predicted octanol–water partition coefficient (Wildman–Crippen LogP) is 0.147. The van der Waals surface area contributed by atoms with Crippen LogP contribution in [0.25, 0.3) is 0 Å². The van der Waals surface area contributed by atoms with E-state index in [1.54, 1.807) is 24.3 Å². The second kappa shape index (κ2) is 7.61. The zero-order valence-electron chi connectivity index (χ0n) is 12.3. The standard InChI is InChI=1S/C14H20N2O5/c1-14(19,9-20-2)8-15-12(17)13(18)16-10-4-6-11(21-3)7-5-10/h4-7,19H,8-9H2,1-3H3,(H,15,17)(H,16,18)/t14-/m1/s1. The third-order valence-electron chi connectivity index (χ3n) is 2.64. The van der Waals surface area contributed by atoms with Gasteiger partial charge in [0.1, 0.15) is 11.4 Å². The molecule has 1 atom stereocenters. The lowest BCUT2D eigenvalue weighted by atomic mass is 10.1. The first-order chi connectivity index (χ1) is 9.88. The molecule has 0 bridgehead atoms. The van der Waals surface area contributed by atoms with E-state index in [2.05, 4.69) is 10.6 Å². The van der Waals surface area contributed by atoms with Crippen molar-refractivity contribution in [2.24, 2.45) is 0 Å².